The first-order chi connectivity index (χ1) is 9.97. The molecule has 3 fully saturated rings. The van der Waals surface area contributed by atoms with Gasteiger partial charge in [0.15, 0.2) is 6.61 Å². The van der Waals surface area contributed by atoms with Crippen molar-refractivity contribution in [1.82, 2.24) is 0 Å². The van der Waals surface area contributed by atoms with Gasteiger partial charge in [-0.05, 0) is 25.7 Å². The number of hydrogen-bond donors (Lipinski definition) is 0. The molecule has 1 heterocycles. The van der Waals surface area contributed by atoms with E-state index in [0.717, 1.165) is 6.42 Å². The van der Waals surface area contributed by atoms with E-state index in [-0.39, 0.29) is 41.3 Å². The maximum atomic E-state index is 11.7. The molecule has 0 aromatic carbocycles. The molecule has 1 aliphatic heterocycles. The zero-order valence-electron chi connectivity index (χ0n) is 11.9. The smallest absolute Gasteiger partial charge is 0.344 e. The van der Waals surface area contributed by atoms with Gasteiger partial charge < -0.3 is 14.2 Å². The first kappa shape index (κ1) is 14.1. The lowest BCUT2D eigenvalue weighted by molar-refractivity contribution is -0.163. The molecule has 114 valence electrons. The first-order valence-corrected chi connectivity index (χ1v) is 7.16. The Balaban J connectivity index is 1.51. The molecular formula is C15H18O6. The molecule has 3 unspecified atom stereocenters. The van der Waals surface area contributed by atoms with Gasteiger partial charge in [0.25, 0.3) is 0 Å². The summed E-state index contributed by atoms with van der Waals surface area (Å²) in [4.78, 5) is 34.6. The van der Waals surface area contributed by atoms with Crippen LogP contribution in [0.25, 0.3) is 0 Å². The first-order valence-electron chi connectivity index (χ1n) is 7.16. The van der Waals surface area contributed by atoms with E-state index >= 15 is 0 Å². The molecule has 0 spiro atoms. The predicted octanol–water partition coefficient (Wildman–Crippen LogP) is 0.846. The van der Waals surface area contributed by atoms with Gasteiger partial charge in [-0.25, -0.2) is 9.59 Å². The van der Waals surface area contributed by atoms with Crippen molar-refractivity contribution in [2.24, 2.45) is 23.7 Å². The molecule has 1 saturated heterocycles. The fourth-order valence-corrected chi connectivity index (χ4v) is 3.89. The van der Waals surface area contributed by atoms with E-state index in [0.29, 0.717) is 13.0 Å². The lowest BCUT2D eigenvalue weighted by Gasteiger charge is -2.28. The number of carbonyl (C=O) groups is 3. The SMILES string of the molecule is C=C(C)C(=O)OCC(=O)OC1C[C@H]2C[C@@H]1C1COC(=O)C12. The Labute approximate surface area is 122 Å². The number of carbonyl (C=O) groups excluding carboxylic acids is 3. The van der Waals surface area contributed by atoms with E-state index in [1.165, 1.54) is 6.92 Å². The van der Waals surface area contributed by atoms with Crippen LogP contribution in [0.15, 0.2) is 12.2 Å². The van der Waals surface area contributed by atoms with Crippen LogP contribution in [0.5, 0.6) is 0 Å². The monoisotopic (exact) mass is 294 g/mol. The molecule has 2 bridgehead atoms. The molecule has 0 radical (unpaired) electrons. The molecular weight excluding hydrogens is 276 g/mol. The molecule has 6 heteroatoms. The fourth-order valence-electron chi connectivity index (χ4n) is 3.89. The van der Waals surface area contributed by atoms with Crippen molar-refractivity contribution in [3.8, 4) is 0 Å². The zero-order chi connectivity index (χ0) is 15.1. The van der Waals surface area contributed by atoms with Gasteiger partial charge in [-0.15, -0.1) is 0 Å². The summed E-state index contributed by atoms with van der Waals surface area (Å²) in [5, 5.41) is 0. The molecule has 2 saturated carbocycles. The maximum Gasteiger partial charge on any atom is 0.344 e. The van der Waals surface area contributed by atoms with Crippen LogP contribution in [0.3, 0.4) is 0 Å². The van der Waals surface area contributed by atoms with Gasteiger partial charge >= 0.3 is 17.9 Å². The number of esters is 3. The molecule has 21 heavy (non-hydrogen) atoms. The van der Waals surface area contributed by atoms with Crippen molar-refractivity contribution < 1.29 is 28.6 Å². The van der Waals surface area contributed by atoms with Crippen LogP contribution in [0.2, 0.25) is 0 Å². The highest BCUT2D eigenvalue weighted by atomic mass is 16.6. The van der Waals surface area contributed by atoms with Crippen molar-refractivity contribution in [2.75, 3.05) is 13.2 Å². The molecule has 0 amide bonds. The highest BCUT2D eigenvalue weighted by Crippen LogP contribution is 2.55. The Hall–Kier alpha value is -1.85. The molecule has 6 nitrogen and oxygen atoms in total. The van der Waals surface area contributed by atoms with E-state index in [2.05, 4.69) is 6.58 Å². The van der Waals surface area contributed by atoms with E-state index < -0.39 is 18.5 Å². The molecule has 2 aliphatic carbocycles. The Morgan fingerprint density at radius 2 is 2.10 bits per heavy atom. The van der Waals surface area contributed by atoms with E-state index in [4.69, 9.17) is 14.2 Å². The summed E-state index contributed by atoms with van der Waals surface area (Å²) in [6.07, 6.45) is 1.41. The minimum atomic E-state index is -0.602. The largest absolute Gasteiger partial charge is 0.465 e. The zero-order valence-corrected chi connectivity index (χ0v) is 11.9. The van der Waals surface area contributed by atoms with Gasteiger partial charge in [0.05, 0.1) is 12.5 Å². The summed E-state index contributed by atoms with van der Waals surface area (Å²) < 4.78 is 15.3. The number of cyclic esters (lactones) is 1. The van der Waals surface area contributed by atoms with Gasteiger partial charge in [0.2, 0.25) is 0 Å². The number of ether oxygens (including phenoxy) is 3. The lowest BCUT2D eigenvalue weighted by Crippen LogP contribution is -2.35. The van der Waals surface area contributed by atoms with Gasteiger partial charge in [0, 0.05) is 17.4 Å². The van der Waals surface area contributed by atoms with E-state index in [1.54, 1.807) is 0 Å². The topological polar surface area (TPSA) is 78.9 Å². The second kappa shape index (κ2) is 5.16. The van der Waals surface area contributed by atoms with Crippen molar-refractivity contribution in [3.05, 3.63) is 12.2 Å². The minimum absolute atomic E-state index is 0.00815. The van der Waals surface area contributed by atoms with Gasteiger partial charge in [0.1, 0.15) is 6.10 Å². The van der Waals surface area contributed by atoms with Crippen molar-refractivity contribution in [2.45, 2.75) is 25.9 Å². The average molecular weight is 294 g/mol. The van der Waals surface area contributed by atoms with Crippen LogP contribution in [0.1, 0.15) is 19.8 Å². The quantitative estimate of drug-likeness (QED) is 0.434. The number of rotatable bonds is 4. The van der Waals surface area contributed by atoms with Gasteiger partial charge in [-0.2, -0.15) is 0 Å². The molecule has 3 rings (SSSR count). The van der Waals surface area contributed by atoms with Crippen molar-refractivity contribution in [1.29, 1.82) is 0 Å². The normalized spacial score (nSPS) is 36.0. The molecule has 0 aromatic rings. The molecule has 0 aromatic heterocycles. The third kappa shape index (κ3) is 2.43. The Morgan fingerprint density at radius 3 is 2.81 bits per heavy atom. The minimum Gasteiger partial charge on any atom is -0.465 e. The van der Waals surface area contributed by atoms with Gasteiger partial charge in [-0.3, -0.25) is 4.79 Å². The Kier molecular flexibility index (Phi) is 3.47. The van der Waals surface area contributed by atoms with E-state index in [9.17, 15) is 14.4 Å². The third-order valence-electron chi connectivity index (χ3n) is 4.75. The Morgan fingerprint density at radius 1 is 1.33 bits per heavy atom. The van der Waals surface area contributed by atoms with Crippen LogP contribution < -0.4 is 0 Å². The molecule has 5 atom stereocenters. The highest BCUT2D eigenvalue weighted by Gasteiger charge is 2.60. The van der Waals surface area contributed by atoms with Crippen LogP contribution in [-0.4, -0.2) is 37.2 Å². The van der Waals surface area contributed by atoms with Crippen molar-refractivity contribution in [3.63, 3.8) is 0 Å². The second-order valence-corrected chi connectivity index (χ2v) is 6.10. The summed E-state index contributed by atoms with van der Waals surface area (Å²) >= 11 is 0. The highest BCUT2D eigenvalue weighted by molar-refractivity contribution is 5.88. The summed E-state index contributed by atoms with van der Waals surface area (Å²) in [5.41, 5.74) is 0.243. The summed E-state index contributed by atoms with van der Waals surface area (Å²) in [7, 11) is 0. The molecule has 0 N–H and O–H groups in total. The van der Waals surface area contributed by atoms with Crippen LogP contribution in [0.4, 0.5) is 0 Å². The van der Waals surface area contributed by atoms with Crippen LogP contribution in [-0.2, 0) is 28.6 Å². The summed E-state index contributed by atoms with van der Waals surface area (Å²) in [5.74, 6) is -0.650. The third-order valence-corrected chi connectivity index (χ3v) is 4.75. The lowest BCUT2D eigenvalue weighted by atomic mass is 9.80. The number of hydrogen-bond acceptors (Lipinski definition) is 6. The maximum absolute atomic E-state index is 11.7. The van der Waals surface area contributed by atoms with E-state index in [1.807, 2.05) is 0 Å². The van der Waals surface area contributed by atoms with Crippen molar-refractivity contribution >= 4 is 17.9 Å². The fraction of sp³-hybridized carbons (Fsp3) is 0.667. The predicted molar refractivity (Wildman–Crippen MR) is 69.8 cm³/mol. The van der Waals surface area contributed by atoms with Crippen LogP contribution >= 0.6 is 0 Å². The summed E-state index contributed by atoms with van der Waals surface area (Å²) in [6.45, 7) is 4.99. The number of fused-ring (bicyclic) bond motifs is 5. The van der Waals surface area contributed by atoms with Crippen LogP contribution in [0, 0.1) is 23.7 Å². The molecule has 3 aliphatic rings. The second-order valence-electron chi connectivity index (χ2n) is 6.10. The average Bonchev–Trinajstić information content (AvgIpc) is 3.09. The standard InChI is InChI=1S/C15H18O6/c1-7(2)14(17)20-6-12(16)21-11-4-8-3-9(11)10-5-19-15(18)13(8)10/h8-11,13H,1,3-6H2,2H3/t8-,9-,10?,11?,13?/m1/s1. The van der Waals surface area contributed by atoms with Gasteiger partial charge in [-0.1, -0.05) is 6.58 Å². The summed E-state index contributed by atoms with van der Waals surface area (Å²) in [6, 6.07) is 0. The Bertz CT molecular complexity index is 510.